The van der Waals surface area contributed by atoms with Crippen LogP contribution in [0.15, 0.2) is 100 Å². The normalized spacial score (nSPS) is 11.4. The van der Waals surface area contributed by atoms with Crippen molar-refractivity contribution in [2.24, 2.45) is 0 Å². The van der Waals surface area contributed by atoms with Crippen LogP contribution in [0.2, 0.25) is 0 Å². The van der Waals surface area contributed by atoms with E-state index in [9.17, 15) is 8.42 Å². The molecular formula is C21H17N3O2S2. The molecule has 4 aromatic rings. The second kappa shape index (κ2) is 8.00. The topological polar surface area (TPSA) is 75.7 Å². The van der Waals surface area contributed by atoms with Crippen LogP contribution in [-0.2, 0) is 15.6 Å². The molecule has 2 aromatic carbocycles. The molecule has 1 N–H and O–H groups in total. The van der Waals surface area contributed by atoms with E-state index in [1.807, 2.05) is 48.5 Å². The highest BCUT2D eigenvalue weighted by Gasteiger charge is 2.26. The van der Waals surface area contributed by atoms with Crippen molar-refractivity contribution in [3.8, 4) is 11.4 Å². The molecule has 0 spiro atoms. The van der Waals surface area contributed by atoms with E-state index in [1.165, 1.54) is 11.8 Å². The van der Waals surface area contributed by atoms with Gasteiger partial charge in [-0.1, -0.05) is 66.4 Å². The molecule has 0 saturated carbocycles. The maximum atomic E-state index is 13.2. The monoisotopic (exact) mass is 407 g/mol. The molecule has 2 heterocycles. The van der Waals surface area contributed by atoms with E-state index in [-0.39, 0.29) is 9.92 Å². The molecule has 7 heteroatoms. The summed E-state index contributed by atoms with van der Waals surface area (Å²) in [6, 6.07) is 23.5. The van der Waals surface area contributed by atoms with E-state index in [0.29, 0.717) is 16.6 Å². The molecule has 0 aliphatic heterocycles. The molecule has 4 rings (SSSR count). The van der Waals surface area contributed by atoms with Gasteiger partial charge in [-0.2, -0.15) is 0 Å². The van der Waals surface area contributed by atoms with Crippen molar-refractivity contribution in [2.45, 2.75) is 20.7 Å². The number of sulfone groups is 1. The highest BCUT2D eigenvalue weighted by molar-refractivity contribution is 7.99. The fraction of sp³-hybridized carbons (Fsp3) is 0.0476. The van der Waals surface area contributed by atoms with Crippen molar-refractivity contribution in [2.75, 3.05) is 0 Å². The number of hydrogen-bond donors (Lipinski definition) is 1. The van der Waals surface area contributed by atoms with Gasteiger partial charge < -0.3 is 4.98 Å². The summed E-state index contributed by atoms with van der Waals surface area (Å²) in [5.74, 6) is 1.05. The van der Waals surface area contributed by atoms with Crippen molar-refractivity contribution in [3.63, 3.8) is 0 Å². The lowest BCUT2D eigenvalue weighted by molar-refractivity contribution is 0.590. The van der Waals surface area contributed by atoms with Crippen LogP contribution < -0.4 is 0 Å². The van der Waals surface area contributed by atoms with E-state index < -0.39 is 9.84 Å². The summed E-state index contributed by atoms with van der Waals surface area (Å²) >= 11 is 1.35. The SMILES string of the molecule is O=S(=O)(c1ccccc1)c1[nH]c(-c2ccccc2)nc1SCc1ccccn1. The molecular weight excluding hydrogens is 390 g/mol. The molecule has 0 aliphatic carbocycles. The summed E-state index contributed by atoms with van der Waals surface area (Å²) in [6.07, 6.45) is 1.72. The van der Waals surface area contributed by atoms with Crippen LogP contribution in [-0.4, -0.2) is 23.4 Å². The summed E-state index contributed by atoms with van der Waals surface area (Å²) in [5, 5.41) is 0.548. The highest BCUT2D eigenvalue weighted by Crippen LogP contribution is 2.33. The average molecular weight is 408 g/mol. The maximum absolute atomic E-state index is 13.2. The van der Waals surface area contributed by atoms with Gasteiger partial charge in [-0.3, -0.25) is 4.98 Å². The minimum atomic E-state index is -3.72. The standard InChI is InChI=1S/C21H17N3O2S2/c25-28(26,18-12-5-2-6-13-18)21-20(27-15-17-11-7-8-14-22-17)23-19(24-21)16-9-3-1-4-10-16/h1-14H,15H2,(H,23,24). The molecule has 0 amide bonds. The molecule has 140 valence electrons. The Bertz CT molecular complexity index is 1160. The molecule has 0 bridgehead atoms. The van der Waals surface area contributed by atoms with Gasteiger partial charge in [-0.15, -0.1) is 0 Å². The first kappa shape index (κ1) is 18.5. The van der Waals surface area contributed by atoms with Gasteiger partial charge in [0.25, 0.3) is 0 Å². The number of hydrogen-bond acceptors (Lipinski definition) is 5. The van der Waals surface area contributed by atoms with E-state index in [0.717, 1.165) is 11.3 Å². The van der Waals surface area contributed by atoms with Crippen LogP contribution in [0.25, 0.3) is 11.4 Å². The van der Waals surface area contributed by atoms with Crippen LogP contribution in [0.5, 0.6) is 0 Å². The predicted molar refractivity (Wildman–Crippen MR) is 110 cm³/mol. The van der Waals surface area contributed by atoms with Crippen LogP contribution in [0, 0.1) is 0 Å². The molecule has 5 nitrogen and oxygen atoms in total. The van der Waals surface area contributed by atoms with Gasteiger partial charge in [0.15, 0.2) is 5.03 Å². The van der Waals surface area contributed by atoms with Gasteiger partial charge in [-0.25, -0.2) is 13.4 Å². The molecule has 0 atom stereocenters. The van der Waals surface area contributed by atoms with Crippen LogP contribution >= 0.6 is 11.8 Å². The molecule has 28 heavy (non-hydrogen) atoms. The maximum Gasteiger partial charge on any atom is 0.224 e. The minimum Gasteiger partial charge on any atom is -0.328 e. The first-order valence-electron chi connectivity index (χ1n) is 8.63. The number of thioether (sulfide) groups is 1. The molecule has 0 unspecified atom stereocenters. The van der Waals surface area contributed by atoms with E-state index in [4.69, 9.17) is 0 Å². The Morgan fingerprint density at radius 1 is 0.857 bits per heavy atom. The van der Waals surface area contributed by atoms with Crippen LogP contribution in [0.1, 0.15) is 5.69 Å². The Balaban J connectivity index is 1.76. The Kier molecular flexibility index (Phi) is 5.27. The lowest BCUT2D eigenvalue weighted by Gasteiger charge is -2.04. The average Bonchev–Trinajstić information content (AvgIpc) is 3.19. The van der Waals surface area contributed by atoms with Gasteiger partial charge in [0.05, 0.1) is 10.6 Å². The predicted octanol–water partition coefficient (Wildman–Crippen LogP) is 4.60. The van der Waals surface area contributed by atoms with Gasteiger partial charge in [0.2, 0.25) is 9.84 Å². The van der Waals surface area contributed by atoms with E-state index >= 15 is 0 Å². The van der Waals surface area contributed by atoms with E-state index in [2.05, 4.69) is 15.0 Å². The summed E-state index contributed by atoms with van der Waals surface area (Å²) < 4.78 is 26.4. The van der Waals surface area contributed by atoms with Crippen molar-refractivity contribution in [1.82, 2.24) is 15.0 Å². The summed E-state index contributed by atoms with van der Waals surface area (Å²) in [6.45, 7) is 0. The Hall–Kier alpha value is -2.90. The number of aromatic nitrogens is 3. The third-order valence-corrected chi connectivity index (χ3v) is 6.96. The Morgan fingerprint density at radius 3 is 2.21 bits per heavy atom. The number of imidazole rings is 1. The molecule has 0 aliphatic rings. The number of H-pyrrole nitrogens is 1. The van der Waals surface area contributed by atoms with Gasteiger partial charge in [-0.05, 0) is 24.3 Å². The smallest absolute Gasteiger partial charge is 0.224 e. The fourth-order valence-corrected chi connectivity index (χ4v) is 5.25. The third kappa shape index (κ3) is 3.85. The van der Waals surface area contributed by atoms with Crippen molar-refractivity contribution in [1.29, 1.82) is 0 Å². The highest BCUT2D eigenvalue weighted by atomic mass is 32.2. The number of nitrogens with zero attached hydrogens (tertiary/aromatic N) is 2. The minimum absolute atomic E-state index is 0.110. The lowest BCUT2D eigenvalue weighted by Crippen LogP contribution is -2.04. The largest absolute Gasteiger partial charge is 0.328 e. The second-order valence-electron chi connectivity index (χ2n) is 6.01. The summed E-state index contributed by atoms with van der Waals surface area (Å²) in [7, 11) is -3.72. The number of aromatic amines is 1. The number of benzene rings is 2. The van der Waals surface area contributed by atoms with Crippen molar-refractivity contribution in [3.05, 3.63) is 90.8 Å². The quantitative estimate of drug-likeness (QED) is 0.473. The Morgan fingerprint density at radius 2 is 1.54 bits per heavy atom. The summed E-state index contributed by atoms with van der Waals surface area (Å²) in [5.41, 5.74) is 1.69. The van der Waals surface area contributed by atoms with Gasteiger partial charge in [0, 0.05) is 17.5 Å². The zero-order chi connectivity index (χ0) is 19.4. The number of pyridine rings is 1. The van der Waals surface area contributed by atoms with Crippen molar-refractivity contribution < 1.29 is 8.42 Å². The van der Waals surface area contributed by atoms with Gasteiger partial charge in [0.1, 0.15) is 10.9 Å². The van der Waals surface area contributed by atoms with Crippen LogP contribution in [0.4, 0.5) is 0 Å². The zero-order valence-electron chi connectivity index (χ0n) is 14.8. The fourth-order valence-electron chi connectivity index (χ4n) is 2.70. The third-order valence-electron chi connectivity index (χ3n) is 4.09. The first-order chi connectivity index (χ1) is 13.6. The molecule has 0 saturated heterocycles. The zero-order valence-corrected chi connectivity index (χ0v) is 16.5. The lowest BCUT2D eigenvalue weighted by atomic mass is 10.2. The molecule has 2 aromatic heterocycles. The Labute approximate surface area is 167 Å². The molecule has 0 fully saturated rings. The van der Waals surface area contributed by atoms with Crippen molar-refractivity contribution >= 4 is 21.6 Å². The molecule has 0 radical (unpaired) electrons. The van der Waals surface area contributed by atoms with Gasteiger partial charge >= 0.3 is 0 Å². The second-order valence-corrected chi connectivity index (χ2v) is 8.86. The van der Waals surface area contributed by atoms with E-state index in [1.54, 1.807) is 36.5 Å². The van der Waals surface area contributed by atoms with Crippen LogP contribution in [0.3, 0.4) is 0 Å². The summed E-state index contributed by atoms with van der Waals surface area (Å²) in [4.78, 5) is 12.2. The number of nitrogens with one attached hydrogen (secondary N) is 1. The number of rotatable bonds is 6. The first-order valence-corrected chi connectivity index (χ1v) is 11.1.